The van der Waals surface area contributed by atoms with E-state index in [1.54, 1.807) is 0 Å². The van der Waals surface area contributed by atoms with Crippen LogP contribution in [0.2, 0.25) is 0 Å². The molecule has 8 aromatic carbocycles. The summed E-state index contributed by atoms with van der Waals surface area (Å²) in [7, 11) is 0. The van der Waals surface area contributed by atoms with Crippen LogP contribution in [0.3, 0.4) is 0 Å². The molecule has 2 aromatic heterocycles. The molecule has 0 unspecified atom stereocenters. The maximum Gasteiger partial charge on any atom is 0.136 e. The standard InChI is InChI=1S/C48H32N2O/c1-2-14-33(15-3-1)39-20-4-8-24-44(39)49(36-17-12-16-34(30-36)35-28-29-43-42-23-7-11-27-47(42)51-48(43)31-35)37-18-13-19-38(32-37)50-45-25-9-5-21-40(45)41-22-6-10-26-46(41)50/h1-32H. The van der Waals surface area contributed by atoms with Gasteiger partial charge in [-0.2, -0.15) is 0 Å². The second-order valence-electron chi connectivity index (χ2n) is 13.0. The number of nitrogens with zero attached hydrogens (tertiary/aromatic N) is 2. The van der Waals surface area contributed by atoms with Crippen LogP contribution in [-0.2, 0) is 0 Å². The van der Waals surface area contributed by atoms with Gasteiger partial charge >= 0.3 is 0 Å². The van der Waals surface area contributed by atoms with Crippen molar-refractivity contribution in [1.82, 2.24) is 4.57 Å². The average Bonchev–Trinajstić information content (AvgIpc) is 3.74. The number of hydrogen-bond donors (Lipinski definition) is 0. The third-order valence-corrected chi connectivity index (χ3v) is 9.97. The second kappa shape index (κ2) is 11.9. The first-order chi connectivity index (χ1) is 25.3. The molecule has 0 aliphatic rings. The number of fused-ring (bicyclic) bond motifs is 6. The quantitative estimate of drug-likeness (QED) is 0.178. The Morgan fingerprint density at radius 2 is 0.961 bits per heavy atom. The maximum absolute atomic E-state index is 6.29. The van der Waals surface area contributed by atoms with Gasteiger partial charge in [-0.3, -0.25) is 0 Å². The van der Waals surface area contributed by atoms with Gasteiger partial charge < -0.3 is 13.9 Å². The van der Waals surface area contributed by atoms with Crippen LogP contribution in [0, 0.1) is 0 Å². The molecule has 0 aliphatic heterocycles. The number of rotatable bonds is 6. The lowest BCUT2D eigenvalue weighted by atomic mass is 10.00. The number of furan rings is 1. The molecule has 0 amide bonds. The van der Waals surface area contributed by atoms with Crippen molar-refractivity contribution in [3.05, 3.63) is 194 Å². The minimum Gasteiger partial charge on any atom is -0.456 e. The molecule has 51 heavy (non-hydrogen) atoms. The molecule has 0 spiro atoms. The monoisotopic (exact) mass is 652 g/mol. The zero-order valence-electron chi connectivity index (χ0n) is 27.8. The van der Waals surface area contributed by atoms with Crippen LogP contribution in [0.15, 0.2) is 199 Å². The Bertz CT molecular complexity index is 2830. The predicted molar refractivity (Wildman–Crippen MR) is 214 cm³/mol. The van der Waals surface area contributed by atoms with Gasteiger partial charge in [-0.1, -0.05) is 127 Å². The Hall–Kier alpha value is -6.84. The molecule has 0 N–H and O–H groups in total. The Morgan fingerprint density at radius 3 is 1.76 bits per heavy atom. The highest BCUT2D eigenvalue weighted by atomic mass is 16.3. The van der Waals surface area contributed by atoms with Crippen molar-refractivity contribution in [2.75, 3.05) is 4.90 Å². The van der Waals surface area contributed by atoms with Gasteiger partial charge in [0.15, 0.2) is 0 Å². The summed E-state index contributed by atoms with van der Waals surface area (Å²) >= 11 is 0. The first-order valence-electron chi connectivity index (χ1n) is 17.4. The Morgan fingerprint density at radius 1 is 0.373 bits per heavy atom. The van der Waals surface area contributed by atoms with Crippen molar-refractivity contribution < 1.29 is 4.42 Å². The van der Waals surface area contributed by atoms with E-state index in [0.29, 0.717) is 0 Å². The molecule has 0 aliphatic carbocycles. The summed E-state index contributed by atoms with van der Waals surface area (Å²) in [6.45, 7) is 0. The topological polar surface area (TPSA) is 21.3 Å². The van der Waals surface area contributed by atoms with Crippen molar-refractivity contribution in [2.45, 2.75) is 0 Å². The number of benzene rings is 8. The fourth-order valence-electron chi connectivity index (χ4n) is 7.66. The molecule has 240 valence electrons. The zero-order chi connectivity index (χ0) is 33.7. The molecule has 0 fully saturated rings. The first-order valence-corrected chi connectivity index (χ1v) is 17.4. The highest BCUT2D eigenvalue weighted by molar-refractivity contribution is 6.09. The molecule has 0 saturated heterocycles. The molecular weight excluding hydrogens is 621 g/mol. The normalized spacial score (nSPS) is 11.5. The van der Waals surface area contributed by atoms with Crippen molar-refractivity contribution in [3.63, 3.8) is 0 Å². The van der Waals surface area contributed by atoms with Crippen LogP contribution in [0.1, 0.15) is 0 Å². The van der Waals surface area contributed by atoms with Crippen molar-refractivity contribution in [1.29, 1.82) is 0 Å². The summed E-state index contributed by atoms with van der Waals surface area (Å²) in [6, 6.07) is 69.2. The SMILES string of the molecule is c1ccc(-c2ccccc2N(c2cccc(-c3ccc4c(c3)oc3ccccc34)c2)c2cccc(-n3c4ccccc4c4ccccc43)c2)cc1. The Balaban J connectivity index is 1.17. The smallest absolute Gasteiger partial charge is 0.136 e. The van der Waals surface area contributed by atoms with E-state index >= 15 is 0 Å². The van der Waals surface area contributed by atoms with Crippen LogP contribution in [0.5, 0.6) is 0 Å². The van der Waals surface area contributed by atoms with E-state index in [2.05, 4.69) is 191 Å². The zero-order valence-corrected chi connectivity index (χ0v) is 27.8. The molecule has 10 aromatic rings. The van der Waals surface area contributed by atoms with Crippen LogP contribution >= 0.6 is 0 Å². The van der Waals surface area contributed by atoms with Crippen LogP contribution in [-0.4, -0.2) is 4.57 Å². The molecule has 2 heterocycles. The summed E-state index contributed by atoms with van der Waals surface area (Å²) in [6.07, 6.45) is 0. The lowest BCUT2D eigenvalue weighted by Crippen LogP contribution is -2.12. The van der Waals surface area contributed by atoms with E-state index in [1.807, 2.05) is 12.1 Å². The molecule has 0 bridgehead atoms. The van der Waals surface area contributed by atoms with Crippen molar-refractivity contribution in [2.24, 2.45) is 0 Å². The summed E-state index contributed by atoms with van der Waals surface area (Å²) < 4.78 is 8.68. The van der Waals surface area contributed by atoms with Gasteiger partial charge in [-0.05, 0) is 83.4 Å². The number of hydrogen-bond acceptors (Lipinski definition) is 2. The summed E-state index contributed by atoms with van der Waals surface area (Å²) in [5, 5.41) is 4.77. The third kappa shape index (κ3) is 4.90. The summed E-state index contributed by atoms with van der Waals surface area (Å²) in [4.78, 5) is 2.39. The Kier molecular flexibility index (Phi) is 6.81. The molecular formula is C48H32N2O. The molecule has 3 nitrogen and oxygen atoms in total. The molecule has 3 heteroatoms. The molecule has 0 radical (unpaired) electrons. The molecule has 10 rings (SSSR count). The van der Waals surface area contributed by atoms with E-state index in [0.717, 1.165) is 61.4 Å². The first kappa shape index (κ1) is 29.1. The van der Waals surface area contributed by atoms with E-state index in [-0.39, 0.29) is 0 Å². The molecule has 0 atom stereocenters. The number of aromatic nitrogens is 1. The van der Waals surface area contributed by atoms with Crippen LogP contribution < -0.4 is 4.90 Å². The fraction of sp³-hybridized carbons (Fsp3) is 0. The second-order valence-corrected chi connectivity index (χ2v) is 13.0. The maximum atomic E-state index is 6.29. The highest BCUT2D eigenvalue weighted by Gasteiger charge is 2.20. The van der Waals surface area contributed by atoms with Crippen molar-refractivity contribution >= 4 is 60.8 Å². The van der Waals surface area contributed by atoms with Gasteiger partial charge in [0.2, 0.25) is 0 Å². The van der Waals surface area contributed by atoms with Gasteiger partial charge in [0.05, 0.1) is 16.7 Å². The van der Waals surface area contributed by atoms with Gasteiger partial charge in [0.25, 0.3) is 0 Å². The van der Waals surface area contributed by atoms with E-state index in [1.165, 1.54) is 27.4 Å². The van der Waals surface area contributed by atoms with Gasteiger partial charge in [-0.15, -0.1) is 0 Å². The lowest BCUT2D eigenvalue weighted by Gasteiger charge is -2.29. The van der Waals surface area contributed by atoms with Gasteiger partial charge in [-0.25, -0.2) is 0 Å². The largest absolute Gasteiger partial charge is 0.456 e. The number of para-hydroxylation sites is 4. The predicted octanol–water partition coefficient (Wildman–Crippen LogP) is 13.5. The Labute approximate surface area is 295 Å². The van der Waals surface area contributed by atoms with Crippen LogP contribution in [0.4, 0.5) is 17.1 Å². The van der Waals surface area contributed by atoms with E-state index in [9.17, 15) is 0 Å². The molecule has 0 saturated carbocycles. The third-order valence-electron chi connectivity index (χ3n) is 9.97. The van der Waals surface area contributed by atoms with E-state index < -0.39 is 0 Å². The summed E-state index contributed by atoms with van der Waals surface area (Å²) in [5.41, 5.74) is 13.1. The van der Waals surface area contributed by atoms with Crippen molar-refractivity contribution in [3.8, 4) is 27.9 Å². The fourth-order valence-corrected chi connectivity index (χ4v) is 7.66. The minimum atomic E-state index is 0.893. The number of anilines is 3. The highest BCUT2D eigenvalue weighted by Crippen LogP contribution is 2.43. The average molecular weight is 653 g/mol. The van der Waals surface area contributed by atoms with Gasteiger partial charge in [0.1, 0.15) is 11.2 Å². The minimum absolute atomic E-state index is 0.893. The lowest BCUT2D eigenvalue weighted by molar-refractivity contribution is 0.669. The van der Waals surface area contributed by atoms with E-state index in [4.69, 9.17) is 4.42 Å². The summed E-state index contributed by atoms with van der Waals surface area (Å²) in [5.74, 6) is 0. The van der Waals surface area contributed by atoms with Crippen LogP contribution in [0.25, 0.3) is 71.7 Å². The van der Waals surface area contributed by atoms with Gasteiger partial charge in [0, 0.05) is 44.2 Å².